The molecule has 0 fully saturated rings. The Balaban J connectivity index is 2.60. The van der Waals surface area contributed by atoms with Crippen molar-refractivity contribution in [2.24, 2.45) is 5.10 Å². The summed E-state index contributed by atoms with van der Waals surface area (Å²) in [5.74, 6) is -0.912. The lowest BCUT2D eigenvalue weighted by Crippen LogP contribution is -2.47. The van der Waals surface area contributed by atoms with E-state index in [-0.39, 0.29) is 0 Å². The van der Waals surface area contributed by atoms with Gasteiger partial charge in [-0.15, -0.1) is 0 Å². The number of nitrogens with zero attached hydrogens (tertiary/aromatic N) is 1. The first-order valence-corrected chi connectivity index (χ1v) is 6.12. The van der Waals surface area contributed by atoms with E-state index in [0.717, 1.165) is 0 Å². The SMILES string of the molecule is COc1ccccc1/C=N\NC(=O)C(=O)NC(C)(C)C. The van der Waals surface area contributed by atoms with E-state index in [1.54, 1.807) is 40.0 Å². The highest BCUT2D eigenvalue weighted by atomic mass is 16.5. The van der Waals surface area contributed by atoms with Gasteiger partial charge in [-0.3, -0.25) is 9.59 Å². The van der Waals surface area contributed by atoms with Gasteiger partial charge in [0.15, 0.2) is 0 Å². The fourth-order valence-electron chi connectivity index (χ4n) is 1.38. The first-order chi connectivity index (χ1) is 9.33. The Morgan fingerprint density at radius 2 is 1.85 bits per heavy atom. The summed E-state index contributed by atoms with van der Waals surface area (Å²) in [4.78, 5) is 23.0. The standard InChI is InChI=1S/C14H19N3O3/c1-14(2,3)16-12(18)13(19)17-15-9-10-7-5-6-8-11(10)20-4/h5-9H,1-4H3,(H,16,18)(H,17,19)/b15-9-. The lowest BCUT2D eigenvalue weighted by molar-refractivity contribution is -0.140. The monoisotopic (exact) mass is 277 g/mol. The Hall–Kier alpha value is -2.37. The second kappa shape index (κ2) is 6.70. The van der Waals surface area contributed by atoms with Crippen molar-refractivity contribution in [3.63, 3.8) is 0 Å². The van der Waals surface area contributed by atoms with Gasteiger partial charge in [0.25, 0.3) is 0 Å². The van der Waals surface area contributed by atoms with Crippen molar-refractivity contribution in [2.75, 3.05) is 7.11 Å². The molecule has 108 valence electrons. The van der Waals surface area contributed by atoms with E-state index in [4.69, 9.17) is 4.74 Å². The average Bonchev–Trinajstić information content (AvgIpc) is 2.37. The fraction of sp³-hybridized carbons (Fsp3) is 0.357. The minimum Gasteiger partial charge on any atom is -0.496 e. The molecule has 0 atom stereocenters. The number of ether oxygens (including phenoxy) is 1. The van der Waals surface area contributed by atoms with Gasteiger partial charge in [0.2, 0.25) is 0 Å². The van der Waals surface area contributed by atoms with E-state index in [1.807, 2.05) is 12.1 Å². The normalized spacial score (nSPS) is 11.2. The number of hydrogen-bond donors (Lipinski definition) is 2. The molecule has 0 spiro atoms. The Kier molecular flexibility index (Phi) is 5.25. The lowest BCUT2D eigenvalue weighted by atomic mass is 10.1. The van der Waals surface area contributed by atoms with Gasteiger partial charge in [-0.25, -0.2) is 5.43 Å². The summed E-state index contributed by atoms with van der Waals surface area (Å²) in [6, 6.07) is 7.20. The molecule has 20 heavy (non-hydrogen) atoms. The van der Waals surface area contributed by atoms with Gasteiger partial charge in [-0.05, 0) is 32.9 Å². The summed E-state index contributed by atoms with van der Waals surface area (Å²) in [7, 11) is 1.54. The number of nitrogens with one attached hydrogen (secondary N) is 2. The maximum absolute atomic E-state index is 11.5. The maximum Gasteiger partial charge on any atom is 0.329 e. The Morgan fingerprint density at radius 3 is 2.45 bits per heavy atom. The van der Waals surface area contributed by atoms with Crippen molar-refractivity contribution in [1.29, 1.82) is 0 Å². The Labute approximate surface area is 118 Å². The van der Waals surface area contributed by atoms with Crippen LogP contribution in [0.3, 0.4) is 0 Å². The second-order valence-corrected chi connectivity index (χ2v) is 5.15. The molecule has 0 aliphatic carbocycles. The summed E-state index contributed by atoms with van der Waals surface area (Å²) >= 11 is 0. The third-order valence-electron chi connectivity index (χ3n) is 2.20. The number of hydrogen-bond acceptors (Lipinski definition) is 4. The second-order valence-electron chi connectivity index (χ2n) is 5.15. The average molecular weight is 277 g/mol. The zero-order chi connectivity index (χ0) is 15.2. The molecule has 0 aromatic heterocycles. The fourth-order valence-corrected chi connectivity index (χ4v) is 1.38. The number of para-hydroxylation sites is 1. The third kappa shape index (κ3) is 5.09. The van der Waals surface area contributed by atoms with Gasteiger partial charge < -0.3 is 10.1 Å². The van der Waals surface area contributed by atoms with Gasteiger partial charge in [-0.1, -0.05) is 12.1 Å². The molecule has 0 heterocycles. The highest BCUT2D eigenvalue weighted by Crippen LogP contribution is 2.14. The first kappa shape index (κ1) is 15.7. The van der Waals surface area contributed by atoms with E-state index in [9.17, 15) is 9.59 Å². The van der Waals surface area contributed by atoms with Crippen molar-refractivity contribution in [2.45, 2.75) is 26.3 Å². The van der Waals surface area contributed by atoms with Crippen LogP contribution in [-0.2, 0) is 9.59 Å². The molecule has 0 saturated heterocycles. The zero-order valence-electron chi connectivity index (χ0n) is 12.1. The van der Waals surface area contributed by atoms with E-state index in [1.165, 1.54) is 6.21 Å². The number of benzene rings is 1. The van der Waals surface area contributed by atoms with Gasteiger partial charge in [-0.2, -0.15) is 5.10 Å². The van der Waals surface area contributed by atoms with Crippen LogP contribution in [0.1, 0.15) is 26.3 Å². The van der Waals surface area contributed by atoms with E-state index in [2.05, 4.69) is 15.8 Å². The molecule has 0 saturated carbocycles. The van der Waals surface area contributed by atoms with Crippen molar-refractivity contribution >= 4 is 18.0 Å². The van der Waals surface area contributed by atoms with Crippen LogP contribution in [0.5, 0.6) is 5.75 Å². The van der Waals surface area contributed by atoms with Gasteiger partial charge in [0, 0.05) is 11.1 Å². The molecular formula is C14H19N3O3. The quantitative estimate of drug-likeness (QED) is 0.492. The predicted octanol–water partition coefficient (Wildman–Crippen LogP) is 1.06. The van der Waals surface area contributed by atoms with Crippen LogP contribution in [-0.4, -0.2) is 30.7 Å². The molecule has 1 aromatic rings. The molecule has 0 aliphatic rings. The summed E-state index contributed by atoms with van der Waals surface area (Å²) in [5.41, 5.74) is 2.40. The molecular weight excluding hydrogens is 258 g/mol. The van der Waals surface area contributed by atoms with Crippen LogP contribution < -0.4 is 15.5 Å². The molecule has 2 amide bonds. The highest BCUT2D eigenvalue weighted by Gasteiger charge is 2.19. The van der Waals surface area contributed by atoms with Crippen molar-refractivity contribution in [1.82, 2.24) is 10.7 Å². The third-order valence-corrected chi connectivity index (χ3v) is 2.20. The summed E-state index contributed by atoms with van der Waals surface area (Å²) < 4.78 is 5.13. The number of carbonyl (C=O) groups is 2. The van der Waals surface area contributed by atoms with E-state index in [0.29, 0.717) is 11.3 Å². The largest absolute Gasteiger partial charge is 0.496 e. The number of hydrazone groups is 1. The van der Waals surface area contributed by atoms with Gasteiger partial charge >= 0.3 is 11.8 Å². The number of rotatable bonds is 3. The number of amides is 2. The van der Waals surface area contributed by atoms with Gasteiger partial charge in [0.1, 0.15) is 5.75 Å². The molecule has 0 unspecified atom stereocenters. The van der Waals surface area contributed by atoms with Crippen LogP contribution in [0.25, 0.3) is 0 Å². The zero-order valence-corrected chi connectivity index (χ0v) is 12.1. The van der Waals surface area contributed by atoms with Crippen LogP contribution in [0.15, 0.2) is 29.4 Å². The van der Waals surface area contributed by atoms with E-state index >= 15 is 0 Å². The molecule has 0 aliphatic heterocycles. The van der Waals surface area contributed by atoms with Crippen LogP contribution >= 0.6 is 0 Å². The Morgan fingerprint density at radius 1 is 1.20 bits per heavy atom. The molecule has 6 heteroatoms. The predicted molar refractivity (Wildman–Crippen MR) is 76.6 cm³/mol. The molecule has 1 aromatic carbocycles. The summed E-state index contributed by atoms with van der Waals surface area (Å²) in [5, 5.41) is 6.28. The summed E-state index contributed by atoms with van der Waals surface area (Å²) in [6.45, 7) is 5.36. The molecule has 0 radical (unpaired) electrons. The van der Waals surface area contributed by atoms with Crippen LogP contribution in [0.4, 0.5) is 0 Å². The maximum atomic E-state index is 11.5. The summed E-state index contributed by atoms with van der Waals surface area (Å²) in [6.07, 6.45) is 1.42. The Bertz CT molecular complexity index is 519. The first-order valence-electron chi connectivity index (χ1n) is 6.12. The van der Waals surface area contributed by atoms with Gasteiger partial charge in [0.05, 0.1) is 13.3 Å². The molecule has 1 rings (SSSR count). The van der Waals surface area contributed by atoms with E-state index < -0.39 is 17.4 Å². The molecule has 6 nitrogen and oxygen atoms in total. The lowest BCUT2D eigenvalue weighted by Gasteiger charge is -2.19. The molecule has 0 bridgehead atoms. The van der Waals surface area contributed by atoms with Crippen molar-refractivity contribution in [3.8, 4) is 5.75 Å². The molecule has 2 N–H and O–H groups in total. The topological polar surface area (TPSA) is 79.8 Å². The minimum absolute atomic E-state index is 0.471. The van der Waals surface area contributed by atoms with Crippen LogP contribution in [0.2, 0.25) is 0 Å². The van der Waals surface area contributed by atoms with Crippen molar-refractivity contribution < 1.29 is 14.3 Å². The number of methoxy groups -OCH3 is 1. The minimum atomic E-state index is -0.814. The highest BCUT2D eigenvalue weighted by molar-refractivity contribution is 6.35. The van der Waals surface area contributed by atoms with Crippen molar-refractivity contribution in [3.05, 3.63) is 29.8 Å². The number of carbonyl (C=O) groups excluding carboxylic acids is 2. The smallest absolute Gasteiger partial charge is 0.329 e. The van der Waals surface area contributed by atoms with Crippen LogP contribution in [0, 0.1) is 0 Å².